The Labute approximate surface area is 108 Å². The largest absolute Gasteiger partial charge is 0.481 e. The van der Waals surface area contributed by atoms with Crippen LogP contribution in [-0.2, 0) is 17.8 Å². The van der Waals surface area contributed by atoms with E-state index >= 15 is 0 Å². The van der Waals surface area contributed by atoms with Crippen molar-refractivity contribution < 1.29 is 9.90 Å². The van der Waals surface area contributed by atoms with Crippen LogP contribution >= 0.6 is 0 Å². The van der Waals surface area contributed by atoms with Gasteiger partial charge in [-0.3, -0.25) is 9.69 Å². The molecule has 1 aliphatic rings. The van der Waals surface area contributed by atoms with E-state index in [1.807, 2.05) is 0 Å². The predicted molar refractivity (Wildman–Crippen MR) is 71.5 cm³/mol. The van der Waals surface area contributed by atoms with Gasteiger partial charge in [-0.1, -0.05) is 30.7 Å². The van der Waals surface area contributed by atoms with Crippen molar-refractivity contribution in [3.05, 3.63) is 35.4 Å². The first-order valence-electron chi connectivity index (χ1n) is 6.76. The van der Waals surface area contributed by atoms with E-state index in [0.29, 0.717) is 6.42 Å². The van der Waals surface area contributed by atoms with Gasteiger partial charge in [0, 0.05) is 13.0 Å². The van der Waals surface area contributed by atoms with Gasteiger partial charge in [-0.15, -0.1) is 0 Å². The topological polar surface area (TPSA) is 40.5 Å². The second-order valence-corrected chi connectivity index (χ2v) is 5.05. The number of benzene rings is 1. The summed E-state index contributed by atoms with van der Waals surface area (Å²) >= 11 is 0. The number of hydrogen-bond acceptors (Lipinski definition) is 2. The normalized spacial score (nSPS) is 16.7. The molecular formula is C15H21NO2. The molecule has 0 bridgehead atoms. The molecule has 98 valence electrons. The minimum Gasteiger partial charge on any atom is -0.481 e. The summed E-state index contributed by atoms with van der Waals surface area (Å²) in [6.45, 7) is 3.45. The van der Waals surface area contributed by atoms with Crippen molar-refractivity contribution in [2.45, 2.75) is 38.6 Å². The number of hydrogen-bond donors (Lipinski definition) is 1. The summed E-state index contributed by atoms with van der Waals surface area (Å²) in [5.74, 6) is -0.729. The summed E-state index contributed by atoms with van der Waals surface area (Å²) in [7, 11) is 0. The molecule has 3 nitrogen and oxygen atoms in total. The van der Waals surface area contributed by atoms with Crippen LogP contribution in [0.5, 0.6) is 0 Å². The van der Waals surface area contributed by atoms with E-state index in [4.69, 9.17) is 5.11 Å². The van der Waals surface area contributed by atoms with Gasteiger partial charge >= 0.3 is 5.97 Å². The van der Waals surface area contributed by atoms with Gasteiger partial charge < -0.3 is 5.11 Å². The predicted octanol–water partition coefficient (Wildman–Crippen LogP) is 2.69. The molecule has 0 aliphatic carbocycles. The standard InChI is InChI=1S/C15H21NO2/c17-15(18)9-8-13-4-6-14(7-5-13)12-16-10-2-1-3-11-16/h4-7H,1-3,8-12H2,(H,17,18). The highest BCUT2D eigenvalue weighted by atomic mass is 16.4. The number of carboxylic acid groups (broad SMARTS) is 1. The van der Waals surface area contributed by atoms with Gasteiger partial charge in [0.05, 0.1) is 0 Å². The van der Waals surface area contributed by atoms with Gasteiger partial charge in [0.25, 0.3) is 0 Å². The number of nitrogens with zero attached hydrogens (tertiary/aromatic N) is 1. The van der Waals surface area contributed by atoms with Crippen molar-refractivity contribution >= 4 is 5.97 Å². The Morgan fingerprint density at radius 2 is 1.67 bits per heavy atom. The second kappa shape index (κ2) is 6.55. The van der Waals surface area contributed by atoms with Crippen molar-refractivity contribution in [2.24, 2.45) is 0 Å². The van der Waals surface area contributed by atoms with Crippen molar-refractivity contribution in [1.29, 1.82) is 0 Å². The molecule has 1 heterocycles. The van der Waals surface area contributed by atoms with Crippen LogP contribution in [-0.4, -0.2) is 29.1 Å². The molecule has 1 saturated heterocycles. The lowest BCUT2D eigenvalue weighted by molar-refractivity contribution is -0.136. The van der Waals surface area contributed by atoms with E-state index in [1.165, 1.54) is 37.9 Å². The molecule has 1 aromatic carbocycles. The number of piperidine rings is 1. The van der Waals surface area contributed by atoms with Crippen molar-refractivity contribution in [1.82, 2.24) is 4.90 Å². The van der Waals surface area contributed by atoms with Crippen molar-refractivity contribution in [3.8, 4) is 0 Å². The smallest absolute Gasteiger partial charge is 0.303 e. The van der Waals surface area contributed by atoms with E-state index < -0.39 is 5.97 Å². The minimum absolute atomic E-state index is 0.214. The molecule has 3 heteroatoms. The molecule has 0 atom stereocenters. The van der Waals surface area contributed by atoms with Crippen LogP contribution in [0.1, 0.15) is 36.8 Å². The Hall–Kier alpha value is -1.35. The number of aryl methyl sites for hydroxylation is 1. The van der Waals surface area contributed by atoms with Crippen LogP contribution < -0.4 is 0 Å². The summed E-state index contributed by atoms with van der Waals surface area (Å²) in [6, 6.07) is 8.38. The number of aliphatic carboxylic acids is 1. The summed E-state index contributed by atoms with van der Waals surface area (Å²) in [5.41, 5.74) is 2.44. The van der Waals surface area contributed by atoms with E-state index in [0.717, 1.165) is 12.1 Å². The summed E-state index contributed by atoms with van der Waals surface area (Å²) in [4.78, 5) is 13.0. The molecule has 0 amide bonds. The highest BCUT2D eigenvalue weighted by Gasteiger charge is 2.10. The maximum atomic E-state index is 10.5. The van der Waals surface area contributed by atoms with E-state index in [1.54, 1.807) is 0 Å². The Bertz CT molecular complexity index is 380. The monoisotopic (exact) mass is 247 g/mol. The number of rotatable bonds is 5. The lowest BCUT2D eigenvalue weighted by Crippen LogP contribution is -2.29. The molecule has 18 heavy (non-hydrogen) atoms. The minimum atomic E-state index is -0.729. The van der Waals surface area contributed by atoms with Gasteiger partial charge in [-0.25, -0.2) is 0 Å². The number of likely N-dealkylation sites (tertiary alicyclic amines) is 1. The summed E-state index contributed by atoms with van der Waals surface area (Å²) < 4.78 is 0. The lowest BCUT2D eigenvalue weighted by atomic mass is 10.1. The third-order valence-corrected chi connectivity index (χ3v) is 3.51. The molecule has 0 radical (unpaired) electrons. The first kappa shape index (κ1) is 13.1. The third-order valence-electron chi connectivity index (χ3n) is 3.51. The molecule has 0 unspecified atom stereocenters. The van der Waals surface area contributed by atoms with Gasteiger partial charge in [0.2, 0.25) is 0 Å². The molecule has 1 aromatic rings. The average Bonchev–Trinajstić information content (AvgIpc) is 2.39. The van der Waals surface area contributed by atoms with E-state index in [9.17, 15) is 4.79 Å². The quantitative estimate of drug-likeness (QED) is 0.869. The molecule has 0 spiro atoms. The molecular weight excluding hydrogens is 226 g/mol. The van der Waals surface area contributed by atoms with Gasteiger partial charge in [0.15, 0.2) is 0 Å². The fourth-order valence-corrected chi connectivity index (χ4v) is 2.44. The zero-order chi connectivity index (χ0) is 12.8. The highest BCUT2D eigenvalue weighted by molar-refractivity contribution is 5.67. The number of carbonyl (C=O) groups is 1. The SMILES string of the molecule is O=C(O)CCc1ccc(CN2CCCCC2)cc1. The van der Waals surface area contributed by atoms with Crippen LogP contribution in [0.15, 0.2) is 24.3 Å². The molecule has 1 aliphatic heterocycles. The van der Waals surface area contributed by atoms with Crippen LogP contribution in [0.25, 0.3) is 0 Å². The maximum absolute atomic E-state index is 10.5. The molecule has 2 rings (SSSR count). The Balaban J connectivity index is 1.84. The Kier molecular flexibility index (Phi) is 4.76. The van der Waals surface area contributed by atoms with Crippen LogP contribution in [0.2, 0.25) is 0 Å². The first-order chi connectivity index (χ1) is 8.74. The van der Waals surface area contributed by atoms with Gasteiger partial charge in [-0.2, -0.15) is 0 Å². The third kappa shape index (κ3) is 4.15. The summed E-state index contributed by atoms with van der Waals surface area (Å²) in [5, 5.41) is 8.64. The zero-order valence-corrected chi connectivity index (χ0v) is 10.8. The maximum Gasteiger partial charge on any atom is 0.303 e. The van der Waals surface area contributed by atoms with Gasteiger partial charge in [0.1, 0.15) is 0 Å². The number of carboxylic acids is 1. The Morgan fingerprint density at radius 1 is 1.06 bits per heavy atom. The highest BCUT2D eigenvalue weighted by Crippen LogP contribution is 2.14. The zero-order valence-electron chi connectivity index (χ0n) is 10.8. The fourth-order valence-electron chi connectivity index (χ4n) is 2.44. The summed E-state index contributed by atoms with van der Waals surface area (Å²) in [6.07, 6.45) is 4.84. The first-order valence-corrected chi connectivity index (χ1v) is 6.76. The fraction of sp³-hybridized carbons (Fsp3) is 0.533. The van der Waals surface area contributed by atoms with Crippen molar-refractivity contribution in [2.75, 3.05) is 13.1 Å². The molecule has 1 fully saturated rings. The second-order valence-electron chi connectivity index (χ2n) is 5.05. The van der Waals surface area contributed by atoms with Gasteiger partial charge in [-0.05, 0) is 43.5 Å². The molecule has 0 saturated carbocycles. The molecule has 0 aromatic heterocycles. The van der Waals surface area contributed by atoms with Crippen molar-refractivity contribution in [3.63, 3.8) is 0 Å². The Morgan fingerprint density at radius 3 is 2.28 bits per heavy atom. The van der Waals surface area contributed by atoms with E-state index in [2.05, 4.69) is 29.2 Å². The van der Waals surface area contributed by atoms with E-state index in [-0.39, 0.29) is 6.42 Å². The molecule has 1 N–H and O–H groups in total. The lowest BCUT2D eigenvalue weighted by Gasteiger charge is -2.26. The van der Waals surface area contributed by atoms with Crippen LogP contribution in [0.3, 0.4) is 0 Å². The van der Waals surface area contributed by atoms with Crippen LogP contribution in [0, 0.1) is 0 Å². The average molecular weight is 247 g/mol. The van der Waals surface area contributed by atoms with Crippen LogP contribution in [0.4, 0.5) is 0 Å².